The molecule has 0 aliphatic carbocycles. The van der Waals surface area contributed by atoms with E-state index in [1.807, 2.05) is 48.6 Å². The smallest absolute Gasteiger partial charge is 0.172 e. The lowest BCUT2D eigenvalue weighted by atomic mass is 9.94. The second-order valence-electron chi connectivity index (χ2n) is 8.78. The predicted octanol–water partition coefficient (Wildman–Crippen LogP) is 7.11. The topological polar surface area (TPSA) is 109 Å². The molecule has 0 unspecified atom stereocenters. The number of para-hydroxylation sites is 1. The van der Waals surface area contributed by atoms with Gasteiger partial charge in [0.15, 0.2) is 11.3 Å². The number of nitriles is 3. The van der Waals surface area contributed by atoms with Gasteiger partial charge in [-0.2, -0.15) is 26.0 Å². The van der Waals surface area contributed by atoms with Crippen LogP contribution in [0.5, 0.6) is 0 Å². The van der Waals surface area contributed by atoms with E-state index in [-0.39, 0.29) is 16.9 Å². The highest BCUT2D eigenvalue weighted by atomic mass is 16.5. The van der Waals surface area contributed by atoms with Gasteiger partial charge >= 0.3 is 0 Å². The Kier molecular flexibility index (Phi) is 7.14. The Morgan fingerprint density at radius 1 is 1.03 bits per heavy atom. The van der Waals surface area contributed by atoms with Crippen molar-refractivity contribution in [2.45, 2.75) is 26.4 Å². The molecule has 0 N–H and O–H groups in total. The first-order chi connectivity index (χ1) is 17.9. The highest BCUT2D eigenvalue weighted by Crippen LogP contribution is 2.40. The van der Waals surface area contributed by atoms with Crippen molar-refractivity contribution in [1.29, 1.82) is 15.8 Å². The minimum absolute atomic E-state index is 0.0277. The summed E-state index contributed by atoms with van der Waals surface area (Å²) in [7, 11) is 0. The van der Waals surface area contributed by atoms with Crippen LogP contribution < -0.4 is 4.90 Å². The summed E-state index contributed by atoms with van der Waals surface area (Å²) in [5.74, 6) is 0.0277. The lowest BCUT2D eigenvalue weighted by Crippen LogP contribution is -2.20. The first-order valence-electron chi connectivity index (χ1n) is 11.7. The van der Waals surface area contributed by atoms with Gasteiger partial charge < -0.3 is 9.64 Å². The van der Waals surface area contributed by atoms with E-state index < -0.39 is 5.60 Å². The lowest BCUT2D eigenvalue weighted by Gasteiger charge is -2.25. The number of allylic oxidation sites excluding steroid dienone is 4. The molecule has 2 aromatic rings. The molecule has 0 aromatic heterocycles. The highest BCUT2D eigenvalue weighted by molar-refractivity contribution is 5.86. The molecule has 0 saturated carbocycles. The number of azo groups is 1. The molecule has 2 aromatic carbocycles. The zero-order chi connectivity index (χ0) is 26.4. The first-order valence-corrected chi connectivity index (χ1v) is 11.7. The fraction of sp³-hybridized carbons (Fsp3) is 0.167. The van der Waals surface area contributed by atoms with Gasteiger partial charge in [0.25, 0.3) is 0 Å². The molecule has 7 heteroatoms. The summed E-state index contributed by atoms with van der Waals surface area (Å²) in [6.07, 6.45) is 9.48. The summed E-state index contributed by atoms with van der Waals surface area (Å²) < 4.78 is 5.79. The van der Waals surface area contributed by atoms with Crippen molar-refractivity contribution in [2.75, 3.05) is 11.4 Å². The molecule has 0 amide bonds. The Labute approximate surface area is 216 Å². The van der Waals surface area contributed by atoms with Crippen molar-refractivity contribution in [1.82, 2.24) is 0 Å². The number of anilines is 1. The van der Waals surface area contributed by atoms with E-state index in [1.54, 1.807) is 38.3 Å². The summed E-state index contributed by atoms with van der Waals surface area (Å²) in [4.78, 5) is 2.19. The van der Waals surface area contributed by atoms with Gasteiger partial charge in [-0.3, -0.25) is 0 Å². The van der Waals surface area contributed by atoms with E-state index in [4.69, 9.17) is 4.74 Å². The molecule has 0 spiro atoms. The molecule has 0 fully saturated rings. The Bertz CT molecular complexity index is 1510. The van der Waals surface area contributed by atoms with Crippen LogP contribution in [0.2, 0.25) is 0 Å². The van der Waals surface area contributed by atoms with E-state index in [2.05, 4.69) is 46.5 Å². The number of hydrogen-bond acceptors (Lipinski definition) is 7. The monoisotopic (exact) mass is 484 g/mol. The van der Waals surface area contributed by atoms with Crippen LogP contribution >= 0.6 is 0 Å². The van der Waals surface area contributed by atoms with Crippen molar-refractivity contribution in [3.8, 4) is 18.2 Å². The molecule has 0 bridgehead atoms. The number of benzene rings is 2. The lowest BCUT2D eigenvalue weighted by molar-refractivity contribution is 0.0954. The van der Waals surface area contributed by atoms with Gasteiger partial charge in [-0.1, -0.05) is 42.5 Å². The molecular weight excluding hydrogens is 460 g/mol. The molecule has 0 radical (unpaired) electrons. The number of nitrogens with zero attached hydrogens (tertiary/aromatic N) is 6. The third-order valence-corrected chi connectivity index (χ3v) is 6.07. The highest BCUT2D eigenvalue weighted by Gasteiger charge is 2.38. The van der Waals surface area contributed by atoms with Gasteiger partial charge in [-0.05, 0) is 50.6 Å². The van der Waals surface area contributed by atoms with Gasteiger partial charge in [0.05, 0.1) is 11.9 Å². The average Bonchev–Trinajstić information content (AvgIpc) is 3.18. The van der Waals surface area contributed by atoms with Crippen LogP contribution in [0.15, 0.2) is 106 Å². The second kappa shape index (κ2) is 10.6. The van der Waals surface area contributed by atoms with Crippen LogP contribution in [0.25, 0.3) is 11.6 Å². The van der Waals surface area contributed by atoms with Crippen LogP contribution in [0.3, 0.4) is 0 Å². The van der Waals surface area contributed by atoms with Crippen LogP contribution in [-0.4, -0.2) is 12.1 Å². The molecule has 0 atom stereocenters. The van der Waals surface area contributed by atoms with E-state index in [1.165, 1.54) is 0 Å². The van der Waals surface area contributed by atoms with Gasteiger partial charge in [-0.25, -0.2) is 0 Å². The third kappa shape index (κ3) is 5.10. The zero-order valence-electron chi connectivity index (χ0n) is 20.8. The standard InChI is InChI=1S/C30H24N6O/c1-4-36-16-15-22(25-7-5-6-8-28(25)36)20-34-35-24-12-9-21(10-13-24)11-14-27-26(19-33)29(23(17-31)18-32)37-30(27,2)3/h5-16,20H,4H2,1-3H3/b14-11+,22-20-,35-34?. The normalized spacial score (nSPS) is 17.0. The summed E-state index contributed by atoms with van der Waals surface area (Å²) in [5, 5.41) is 36.7. The maximum absolute atomic E-state index is 9.66. The molecule has 4 rings (SSSR count). The van der Waals surface area contributed by atoms with Gasteiger partial charge in [0.2, 0.25) is 0 Å². The molecule has 180 valence electrons. The maximum Gasteiger partial charge on any atom is 0.172 e. The van der Waals surface area contributed by atoms with Gasteiger partial charge in [-0.15, -0.1) is 0 Å². The molecule has 2 aliphatic heterocycles. The van der Waals surface area contributed by atoms with Crippen molar-refractivity contribution in [2.24, 2.45) is 10.2 Å². The number of hydrogen-bond donors (Lipinski definition) is 0. The molecular formula is C30H24N6O. The van der Waals surface area contributed by atoms with E-state index in [9.17, 15) is 15.8 Å². The second-order valence-corrected chi connectivity index (χ2v) is 8.78. The third-order valence-electron chi connectivity index (χ3n) is 6.07. The van der Waals surface area contributed by atoms with Gasteiger partial charge in [0.1, 0.15) is 29.4 Å². The SMILES string of the molecule is CCN1C=C/C(=C/N=Nc2ccc(/C=C/C3=C(C#N)C(=C(C#N)C#N)OC3(C)C)cc2)c2ccccc21. The minimum Gasteiger partial charge on any atom is -0.480 e. The quantitative estimate of drug-likeness (QED) is 0.332. The summed E-state index contributed by atoms with van der Waals surface area (Å²) in [6.45, 7) is 6.59. The summed E-state index contributed by atoms with van der Waals surface area (Å²) >= 11 is 0. The van der Waals surface area contributed by atoms with Crippen LogP contribution in [0.1, 0.15) is 31.9 Å². The van der Waals surface area contributed by atoms with E-state index >= 15 is 0 Å². The average molecular weight is 485 g/mol. The Balaban J connectivity index is 1.53. The fourth-order valence-corrected chi connectivity index (χ4v) is 4.17. The zero-order valence-corrected chi connectivity index (χ0v) is 20.8. The number of rotatable bonds is 5. The van der Waals surface area contributed by atoms with Gasteiger partial charge in [0, 0.05) is 35.1 Å². The Morgan fingerprint density at radius 2 is 1.76 bits per heavy atom. The predicted molar refractivity (Wildman–Crippen MR) is 143 cm³/mol. The van der Waals surface area contributed by atoms with Crippen LogP contribution in [-0.2, 0) is 4.74 Å². The maximum atomic E-state index is 9.66. The largest absolute Gasteiger partial charge is 0.480 e. The molecule has 37 heavy (non-hydrogen) atoms. The van der Waals surface area contributed by atoms with Crippen molar-refractivity contribution >= 4 is 23.0 Å². The first kappa shape index (κ1) is 24.9. The number of fused-ring (bicyclic) bond motifs is 1. The summed E-state index contributed by atoms with van der Waals surface area (Å²) in [5.41, 5.74) is 4.59. The molecule has 7 nitrogen and oxygen atoms in total. The Hall–Kier alpha value is -5.19. The van der Waals surface area contributed by atoms with Crippen molar-refractivity contribution in [3.05, 3.63) is 107 Å². The molecule has 2 heterocycles. The molecule has 2 aliphatic rings. The summed E-state index contributed by atoms with van der Waals surface area (Å²) in [6, 6.07) is 21.4. The molecule has 0 saturated heterocycles. The van der Waals surface area contributed by atoms with E-state index in [0.29, 0.717) is 11.3 Å². The van der Waals surface area contributed by atoms with Crippen LogP contribution in [0.4, 0.5) is 11.4 Å². The number of ether oxygens (including phenoxy) is 1. The minimum atomic E-state index is -0.849. The van der Waals surface area contributed by atoms with Crippen molar-refractivity contribution < 1.29 is 4.74 Å². The van der Waals surface area contributed by atoms with Crippen molar-refractivity contribution in [3.63, 3.8) is 0 Å². The fourth-order valence-electron chi connectivity index (χ4n) is 4.17. The Morgan fingerprint density at radius 3 is 2.43 bits per heavy atom. The van der Waals surface area contributed by atoms with E-state index in [0.717, 1.165) is 28.9 Å². The van der Waals surface area contributed by atoms with Crippen LogP contribution in [0, 0.1) is 34.0 Å².